The average molecular weight is 1340 g/mol. The van der Waals surface area contributed by atoms with Crippen molar-refractivity contribution >= 4 is 103 Å². The molecule has 4 N–H and O–H groups in total. The number of ether oxygens (including phenoxy) is 4. The lowest BCUT2D eigenvalue weighted by molar-refractivity contribution is -0.130. The third-order valence-corrected chi connectivity index (χ3v) is 19.2. The van der Waals surface area contributed by atoms with E-state index in [1.54, 1.807) is 58.3 Å². The summed E-state index contributed by atoms with van der Waals surface area (Å²) >= 11 is 25.9. The van der Waals surface area contributed by atoms with Gasteiger partial charge in [-0.15, -0.1) is 0 Å². The molecule has 8 rings (SSSR count). The third kappa shape index (κ3) is 17.3. The largest absolute Gasteiger partial charge is 0.484 e. The number of nitrogens with zero attached hydrogens (tertiary/aromatic N) is 6. The van der Waals surface area contributed by atoms with Crippen LogP contribution in [0.4, 0.5) is 21.0 Å². The number of anilines is 2. The van der Waals surface area contributed by atoms with Crippen LogP contribution in [-0.2, 0) is 53.7 Å². The summed E-state index contributed by atoms with van der Waals surface area (Å²) in [7, 11) is 1.61. The van der Waals surface area contributed by atoms with Crippen LogP contribution in [0.15, 0.2) is 60.7 Å². The number of rotatable bonds is 31. The molecule has 4 aromatic carbocycles. The third-order valence-electron chi connectivity index (χ3n) is 16.4. The van der Waals surface area contributed by atoms with Crippen molar-refractivity contribution < 1.29 is 55.0 Å². The Labute approximate surface area is 538 Å². The maximum absolute atomic E-state index is 13.5. The monoisotopic (exact) mass is 1340 g/mol. The Morgan fingerprint density at radius 1 is 0.545 bits per heavy atom. The lowest BCUT2D eigenvalue weighted by Gasteiger charge is -2.29. The molecule has 2 saturated heterocycles. The molecule has 0 bridgehead atoms. The molecule has 2 aliphatic heterocycles. The van der Waals surface area contributed by atoms with Gasteiger partial charge in [0.05, 0.1) is 43.3 Å². The Bertz CT molecular complexity index is 3290. The highest BCUT2D eigenvalue weighted by atomic mass is 35.5. The van der Waals surface area contributed by atoms with Crippen molar-refractivity contribution in [3.63, 3.8) is 0 Å². The van der Waals surface area contributed by atoms with Gasteiger partial charge in [-0.1, -0.05) is 46.4 Å². The second kappa shape index (κ2) is 32.0. The molecular formula is C60H80Cl4N10O12S2. The van der Waals surface area contributed by atoms with Gasteiger partial charge in [0, 0.05) is 90.2 Å². The molecule has 22 nitrogen and oxygen atoms in total. The number of unbranched alkanes of at least 4 members (excludes halogenated alkanes) is 2. The van der Waals surface area contributed by atoms with Gasteiger partial charge in [-0.2, -0.15) is 0 Å². The van der Waals surface area contributed by atoms with Crippen molar-refractivity contribution in [1.29, 1.82) is 0 Å². The molecule has 4 aliphatic rings. The predicted molar refractivity (Wildman–Crippen MR) is 343 cm³/mol. The van der Waals surface area contributed by atoms with Crippen molar-refractivity contribution in [2.45, 2.75) is 102 Å². The van der Waals surface area contributed by atoms with Gasteiger partial charge >= 0.3 is 12.1 Å². The normalized spacial score (nSPS) is 19.7. The lowest BCUT2D eigenvalue weighted by Crippen LogP contribution is -2.42. The Balaban J connectivity index is 0.631. The quantitative estimate of drug-likeness (QED) is 0.0222. The number of aryl methyl sites for hydroxylation is 2. The van der Waals surface area contributed by atoms with Crippen LogP contribution in [0.25, 0.3) is 0 Å². The van der Waals surface area contributed by atoms with E-state index in [4.69, 9.17) is 65.4 Å². The number of halogens is 4. The topological polar surface area (TPSA) is 241 Å². The van der Waals surface area contributed by atoms with E-state index in [1.807, 2.05) is 54.2 Å². The molecule has 6 amide bonds. The van der Waals surface area contributed by atoms with E-state index in [0.717, 1.165) is 30.9 Å². The van der Waals surface area contributed by atoms with Crippen LogP contribution in [0, 0.1) is 13.8 Å². The zero-order chi connectivity index (χ0) is 63.3. The number of hydrogen-bond acceptors (Lipinski definition) is 14. The van der Waals surface area contributed by atoms with Crippen LogP contribution >= 0.6 is 46.4 Å². The number of likely N-dealkylation sites (N-methyl/N-ethyl adjacent to an activating group) is 2. The van der Waals surface area contributed by atoms with Crippen LogP contribution in [0.5, 0.6) is 11.5 Å². The zero-order valence-electron chi connectivity index (χ0n) is 50.4. The smallest absolute Gasteiger partial charge is 0.314 e. The van der Waals surface area contributed by atoms with E-state index >= 15 is 0 Å². The van der Waals surface area contributed by atoms with Crippen molar-refractivity contribution in [2.24, 2.45) is 0 Å². The molecule has 6 atom stereocenters. The molecule has 0 radical (unpaired) electrons. The fourth-order valence-electron chi connectivity index (χ4n) is 11.7. The minimum atomic E-state index is -3.16. The first-order chi connectivity index (χ1) is 42.1. The second-order valence-electron chi connectivity index (χ2n) is 22.8. The van der Waals surface area contributed by atoms with E-state index in [2.05, 4.69) is 31.1 Å². The highest BCUT2D eigenvalue weighted by molar-refractivity contribution is 7.74. The molecule has 2 aliphatic carbocycles. The van der Waals surface area contributed by atoms with E-state index in [9.17, 15) is 36.0 Å². The SMILES string of the molecule is Cc1cc(N([C@H]2CCN(CCOCCCCNC(=O)NCCCCNC(=O)NCCOCCN3CC[C@H](N(c4ccc(O[C@H]5c6cc(Cl)cc(Cl)c6C[C@@H]5N(C)C)c(C)c4)[SH](=O)=O)C3=O)C2=O)[SH](=O)=O)ccc1O[C@H]1c2cc(Cl)cc(Cl)c2C[C@@H]1N(C)C. The number of hydrogen-bond donors (Lipinski definition) is 6. The van der Waals surface area contributed by atoms with Gasteiger partial charge in [-0.3, -0.25) is 18.2 Å². The first-order valence-electron chi connectivity index (χ1n) is 29.6. The van der Waals surface area contributed by atoms with Gasteiger partial charge in [0.15, 0.2) is 0 Å². The van der Waals surface area contributed by atoms with E-state index in [0.29, 0.717) is 151 Å². The van der Waals surface area contributed by atoms with Crippen LogP contribution in [-0.4, -0.2) is 191 Å². The summed E-state index contributed by atoms with van der Waals surface area (Å²) in [5.74, 6) is 0.545. The summed E-state index contributed by atoms with van der Waals surface area (Å²) in [6.07, 6.45) is 3.92. The molecule has 88 heavy (non-hydrogen) atoms. The number of carbonyl (C=O) groups is 4. The Hall–Kier alpha value is -5.54. The summed E-state index contributed by atoms with van der Waals surface area (Å²) in [5, 5.41) is 13.4. The summed E-state index contributed by atoms with van der Waals surface area (Å²) in [6, 6.07) is 15.0. The minimum Gasteiger partial charge on any atom is -0.484 e. The number of benzene rings is 4. The first kappa shape index (κ1) is 68.4. The number of nitrogens with one attached hydrogen (secondary N) is 4. The van der Waals surface area contributed by atoms with Gasteiger partial charge in [0.2, 0.25) is 33.6 Å². The molecule has 0 aromatic heterocycles. The van der Waals surface area contributed by atoms with E-state index in [1.165, 1.54) is 0 Å². The lowest BCUT2D eigenvalue weighted by atomic mass is 10.1. The molecule has 0 spiro atoms. The van der Waals surface area contributed by atoms with Crippen LogP contribution in [0.1, 0.15) is 84.1 Å². The molecule has 2 fully saturated rings. The first-order valence-corrected chi connectivity index (χ1v) is 33.4. The Kier molecular flexibility index (Phi) is 24.8. The fraction of sp³-hybridized carbons (Fsp3) is 0.533. The molecule has 28 heteroatoms. The summed E-state index contributed by atoms with van der Waals surface area (Å²) in [6.45, 7) is 7.60. The molecular weight excluding hydrogens is 1260 g/mol. The molecule has 4 aromatic rings. The van der Waals surface area contributed by atoms with Gasteiger partial charge < -0.3 is 59.8 Å². The van der Waals surface area contributed by atoms with Gasteiger partial charge in [-0.05, 0) is 176 Å². The number of amides is 6. The standard InChI is InChI=1S/C60H80Cl4N10O12S2/c1-37-29-41(11-13-53(37)85-55-45-31-39(61)33-47(63)43(45)35-51(55)69(3)4)73(87(79)80)49-15-21-71(57(49)75)23-27-83-25-10-9-19-67-59(77)65-17-7-8-18-66-60(78)68-20-26-84-28-24-72-22-16-50(58(72)76)74(88(81)82)42-12-14-54(38(2)30-42)86-56-46-32-40(62)34-48(64)44(46)36-52(56)70(5)6/h11-14,29-34,49-52,55-56,87-88H,7-10,15-28,35-36H2,1-6H3,(H2,65,67,77)(H2,66,68,78)/t49-,50-,51-,52-,55-,56-/m0/s1. The van der Waals surface area contributed by atoms with Gasteiger partial charge in [0.25, 0.3) is 0 Å². The molecule has 0 unspecified atom stereocenters. The number of likely N-dealkylation sites (tertiary alicyclic amines) is 2. The fourth-order valence-corrected chi connectivity index (χ4v) is 14.4. The molecule has 0 saturated carbocycles. The highest BCUT2D eigenvalue weighted by Gasteiger charge is 2.42. The number of carbonyl (C=O) groups excluding carboxylic acids is 4. The van der Waals surface area contributed by atoms with Crippen molar-refractivity contribution in [1.82, 2.24) is 40.9 Å². The zero-order valence-corrected chi connectivity index (χ0v) is 55.2. The predicted octanol–water partition coefficient (Wildman–Crippen LogP) is 6.89. The second-order valence-corrected chi connectivity index (χ2v) is 26.3. The van der Waals surface area contributed by atoms with Crippen molar-refractivity contribution in [3.8, 4) is 11.5 Å². The van der Waals surface area contributed by atoms with Crippen molar-refractivity contribution in [2.75, 3.05) is 116 Å². The van der Waals surface area contributed by atoms with E-state index < -0.39 is 33.9 Å². The molecule has 2 heterocycles. The summed E-state index contributed by atoms with van der Waals surface area (Å²) < 4.78 is 77.7. The summed E-state index contributed by atoms with van der Waals surface area (Å²) in [4.78, 5) is 59.1. The van der Waals surface area contributed by atoms with Gasteiger partial charge in [0.1, 0.15) is 35.8 Å². The maximum atomic E-state index is 13.5. The van der Waals surface area contributed by atoms with E-state index in [-0.39, 0.29) is 81.1 Å². The Morgan fingerprint density at radius 3 is 1.34 bits per heavy atom. The number of fused-ring (bicyclic) bond motifs is 2. The summed E-state index contributed by atoms with van der Waals surface area (Å²) in [5.41, 5.74) is 5.94. The average Bonchev–Trinajstić information content (AvgIpc) is 1.84. The van der Waals surface area contributed by atoms with Crippen LogP contribution in [0.3, 0.4) is 0 Å². The minimum absolute atomic E-state index is 0.00314. The number of urea groups is 2. The van der Waals surface area contributed by atoms with Gasteiger partial charge in [-0.25, -0.2) is 26.4 Å². The molecule has 482 valence electrons. The van der Waals surface area contributed by atoms with Crippen LogP contribution in [0.2, 0.25) is 20.1 Å². The van der Waals surface area contributed by atoms with Crippen molar-refractivity contribution in [3.05, 3.63) is 114 Å². The van der Waals surface area contributed by atoms with Crippen LogP contribution < -0.4 is 39.4 Å². The Morgan fingerprint density at radius 2 is 0.943 bits per heavy atom. The number of thiol groups is 2. The highest BCUT2D eigenvalue weighted by Crippen LogP contribution is 2.45. The maximum Gasteiger partial charge on any atom is 0.314 e.